The molecule has 0 amide bonds. The molecule has 2 fully saturated rings. The molecule has 2 aliphatic rings. The molecule has 2 bridgehead atoms. The molecule has 0 saturated carbocycles. The third kappa shape index (κ3) is 1.72. The second kappa shape index (κ2) is 4.20. The Morgan fingerprint density at radius 1 is 1.05 bits per heavy atom. The SMILES string of the molecule is NC1CC2CCC(C1)N2c1ccnc2ccccc12. The lowest BCUT2D eigenvalue weighted by atomic mass is 9.97. The van der Waals surface area contributed by atoms with Crippen LogP contribution in [0.4, 0.5) is 5.69 Å². The van der Waals surface area contributed by atoms with Gasteiger partial charge < -0.3 is 10.6 Å². The first-order chi connectivity index (χ1) is 9.33. The lowest BCUT2D eigenvalue weighted by molar-refractivity contribution is 0.415. The number of aromatic nitrogens is 1. The van der Waals surface area contributed by atoms with Gasteiger partial charge in [0, 0.05) is 35.4 Å². The Hall–Kier alpha value is -1.61. The standard InChI is InChI=1S/C16H19N3/c17-11-9-12-5-6-13(10-11)19(12)16-7-8-18-15-4-2-1-3-14(15)16/h1-4,7-8,11-13H,5-6,9-10,17H2. The van der Waals surface area contributed by atoms with E-state index in [1.165, 1.54) is 23.9 Å². The van der Waals surface area contributed by atoms with Crippen LogP contribution in [0.15, 0.2) is 36.5 Å². The smallest absolute Gasteiger partial charge is 0.0722 e. The summed E-state index contributed by atoms with van der Waals surface area (Å²) in [5, 5.41) is 1.28. The lowest BCUT2D eigenvalue weighted by Gasteiger charge is -2.40. The van der Waals surface area contributed by atoms with Crippen LogP contribution < -0.4 is 10.6 Å². The van der Waals surface area contributed by atoms with Gasteiger partial charge in [-0.25, -0.2) is 0 Å². The summed E-state index contributed by atoms with van der Waals surface area (Å²) in [5.74, 6) is 0. The molecule has 2 aromatic rings. The van der Waals surface area contributed by atoms with E-state index in [-0.39, 0.29) is 0 Å². The van der Waals surface area contributed by atoms with Crippen molar-refractivity contribution in [3.63, 3.8) is 0 Å². The van der Waals surface area contributed by atoms with E-state index in [9.17, 15) is 0 Å². The summed E-state index contributed by atoms with van der Waals surface area (Å²) < 4.78 is 0. The number of benzene rings is 1. The molecule has 3 heterocycles. The minimum atomic E-state index is 0.391. The molecular formula is C16H19N3. The van der Waals surface area contributed by atoms with E-state index >= 15 is 0 Å². The quantitative estimate of drug-likeness (QED) is 0.849. The Bertz CT molecular complexity index is 590. The maximum atomic E-state index is 6.17. The number of hydrogen-bond acceptors (Lipinski definition) is 3. The number of anilines is 1. The molecule has 1 aromatic heterocycles. The summed E-state index contributed by atoms with van der Waals surface area (Å²) >= 11 is 0. The van der Waals surface area contributed by atoms with E-state index in [2.05, 4.69) is 40.2 Å². The second-order valence-corrected chi connectivity index (χ2v) is 5.87. The highest BCUT2D eigenvalue weighted by atomic mass is 15.2. The van der Waals surface area contributed by atoms with Crippen molar-refractivity contribution in [2.45, 2.75) is 43.8 Å². The highest BCUT2D eigenvalue weighted by molar-refractivity contribution is 5.91. The van der Waals surface area contributed by atoms with Crippen LogP contribution in [0.25, 0.3) is 10.9 Å². The molecule has 2 aliphatic heterocycles. The zero-order chi connectivity index (χ0) is 12.8. The summed E-state index contributed by atoms with van der Waals surface area (Å²) in [6.07, 6.45) is 6.77. The first kappa shape index (κ1) is 11.2. The van der Waals surface area contributed by atoms with Crippen LogP contribution in [0.2, 0.25) is 0 Å². The normalized spacial score (nSPS) is 29.9. The number of hydrogen-bond donors (Lipinski definition) is 1. The Balaban J connectivity index is 1.83. The predicted molar refractivity (Wildman–Crippen MR) is 78.2 cm³/mol. The maximum Gasteiger partial charge on any atom is 0.0722 e. The molecule has 0 radical (unpaired) electrons. The van der Waals surface area contributed by atoms with Gasteiger partial charge >= 0.3 is 0 Å². The Morgan fingerprint density at radius 2 is 1.79 bits per heavy atom. The second-order valence-electron chi connectivity index (χ2n) is 5.87. The average molecular weight is 253 g/mol. The fourth-order valence-electron chi connectivity index (χ4n) is 3.92. The van der Waals surface area contributed by atoms with Gasteiger partial charge in [-0.1, -0.05) is 18.2 Å². The number of nitrogens with zero attached hydrogens (tertiary/aromatic N) is 2. The molecular weight excluding hydrogens is 234 g/mol. The number of para-hydroxylation sites is 1. The molecule has 2 saturated heterocycles. The van der Waals surface area contributed by atoms with Crippen molar-refractivity contribution in [2.24, 2.45) is 5.73 Å². The fourth-order valence-corrected chi connectivity index (χ4v) is 3.92. The van der Waals surface area contributed by atoms with Crippen molar-refractivity contribution in [1.29, 1.82) is 0 Å². The first-order valence-corrected chi connectivity index (χ1v) is 7.20. The molecule has 2 N–H and O–H groups in total. The van der Waals surface area contributed by atoms with E-state index in [1.807, 2.05) is 6.20 Å². The average Bonchev–Trinajstić information content (AvgIpc) is 2.70. The van der Waals surface area contributed by atoms with Gasteiger partial charge in [-0.3, -0.25) is 4.98 Å². The van der Waals surface area contributed by atoms with E-state index in [1.54, 1.807) is 0 Å². The van der Waals surface area contributed by atoms with E-state index in [0.717, 1.165) is 18.4 Å². The number of rotatable bonds is 1. The Morgan fingerprint density at radius 3 is 2.58 bits per heavy atom. The predicted octanol–water partition coefficient (Wildman–Crippen LogP) is 2.69. The summed E-state index contributed by atoms with van der Waals surface area (Å²) in [5.41, 5.74) is 8.61. The number of pyridine rings is 1. The van der Waals surface area contributed by atoms with Crippen molar-refractivity contribution in [3.05, 3.63) is 36.5 Å². The fraction of sp³-hybridized carbons (Fsp3) is 0.438. The van der Waals surface area contributed by atoms with Gasteiger partial charge in [-0.15, -0.1) is 0 Å². The van der Waals surface area contributed by atoms with Crippen LogP contribution >= 0.6 is 0 Å². The Kier molecular flexibility index (Phi) is 2.49. The summed E-state index contributed by atoms with van der Waals surface area (Å²) in [4.78, 5) is 7.09. The van der Waals surface area contributed by atoms with Crippen molar-refractivity contribution >= 4 is 16.6 Å². The topological polar surface area (TPSA) is 42.1 Å². The van der Waals surface area contributed by atoms with Crippen LogP contribution in [0.1, 0.15) is 25.7 Å². The minimum Gasteiger partial charge on any atom is -0.365 e. The third-order valence-corrected chi connectivity index (χ3v) is 4.67. The van der Waals surface area contributed by atoms with Crippen molar-refractivity contribution in [3.8, 4) is 0 Å². The Labute approximate surface area is 113 Å². The van der Waals surface area contributed by atoms with Crippen molar-refractivity contribution in [1.82, 2.24) is 4.98 Å². The number of nitrogens with two attached hydrogens (primary N) is 1. The summed E-state index contributed by atoms with van der Waals surface area (Å²) in [6, 6.07) is 12.2. The van der Waals surface area contributed by atoms with Gasteiger partial charge in [0.05, 0.1) is 5.52 Å². The van der Waals surface area contributed by atoms with Gasteiger partial charge in [-0.05, 0) is 37.8 Å². The van der Waals surface area contributed by atoms with Crippen LogP contribution in [-0.4, -0.2) is 23.1 Å². The van der Waals surface area contributed by atoms with Crippen LogP contribution in [0, 0.1) is 0 Å². The molecule has 4 rings (SSSR count). The molecule has 3 heteroatoms. The van der Waals surface area contributed by atoms with Crippen molar-refractivity contribution < 1.29 is 0 Å². The van der Waals surface area contributed by atoms with Crippen molar-refractivity contribution in [2.75, 3.05) is 4.90 Å². The number of fused-ring (bicyclic) bond motifs is 3. The minimum absolute atomic E-state index is 0.391. The third-order valence-electron chi connectivity index (χ3n) is 4.67. The van der Waals surface area contributed by atoms with E-state index in [0.29, 0.717) is 18.1 Å². The largest absolute Gasteiger partial charge is 0.365 e. The highest BCUT2D eigenvalue weighted by Crippen LogP contribution is 2.41. The van der Waals surface area contributed by atoms with Gasteiger partial charge in [0.25, 0.3) is 0 Å². The van der Waals surface area contributed by atoms with E-state index < -0.39 is 0 Å². The summed E-state index contributed by atoms with van der Waals surface area (Å²) in [6.45, 7) is 0. The van der Waals surface area contributed by atoms with Gasteiger partial charge in [0.1, 0.15) is 0 Å². The van der Waals surface area contributed by atoms with Gasteiger partial charge in [0.2, 0.25) is 0 Å². The zero-order valence-electron chi connectivity index (χ0n) is 11.0. The van der Waals surface area contributed by atoms with Gasteiger partial charge in [0.15, 0.2) is 0 Å². The molecule has 0 spiro atoms. The summed E-state index contributed by atoms with van der Waals surface area (Å²) in [7, 11) is 0. The van der Waals surface area contributed by atoms with E-state index in [4.69, 9.17) is 5.73 Å². The molecule has 98 valence electrons. The molecule has 2 unspecified atom stereocenters. The maximum absolute atomic E-state index is 6.17. The molecule has 3 nitrogen and oxygen atoms in total. The first-order valence-electron chi connectivity index (χ1n) is 7.20. The van der Waals surface area contributed by atoms with Crippen LogP contribution in [0.5, 0.6) is 0 Å². The number of piperidine rings is 1. The van der Waals surface area contributed by atoms with Crippen LogP contribution in [0.3, 0.4) is 0 Å². The highest BCUT2D eigenvalue weighted by Gasteiger charge is 2.40. The molecule has 2 atom stereocenters. The van der Waals surface area contributed by atoms with Crippen LogP contribution in [-0.2, 0) is 0 Å². The lowest BCUT2D eigenvalue weighted by Crippen LogP contribution is -2.47. The van der Waals surface area contributed by atoms with Gasteiger partial charge in [-0.2, -0.15) is 0 Å². The monoisotopic (exact) mass is 253 g/mol. The molecule has 0 aliphatic carbocycles. The molecule has 19 heavy (non-hydrogen) atoms. The molecule has 1 aromatic carbocycles. The zero-order valence-corrected chi connectivity index (χ0v) is 11.0.